The van der Waals surface area contributed by atoms with E-state index in [9.17, 15) is 14.4 Å². The molecule has 0 saturated carbocycles. The minimum atomic E-state index is -0.936. The Balaban J connectivity index is 1.56. The largest absolute Gasteiger partial charge is 0.460 e. The number of nitrogens with one attached hydrogen (secondary N) is 1. The lowest BCUT2D eigenvalue weighted by atomic mass is 10.1. The van der Waals surface area contributed by atoms with Gasteiger partial charge >= 0.3 is 11.9 Å². The van der Waals surface area contributed by atoms with E-state index in [4.69, 9.17) is 13.9 Å². The molecule has 1 atom stereocenters. The number of carbonyl (C=O) groups is 3. The maximum Gasteiger partial charge on any atom is 0.374 e. The number of fused-ring (bicyclic) bond motifs is 1. The maximum atomic E-state index is 13.2. The van der Waals surface area contributed by atoms with Gasteiger partial charge in [-0.2, -0.15) is 0 Å². The summed E-state index contributed by atoms with van der Waals surface area (Å²) in [5.74, 6) is -1.65. The third kappa shape index (κ3) is 5.76. The lowest BCUT2D eigenvalue weighted by Crippen LogP contribution is -2.43. The van der Waals surface area contributed by atoms with Crippen molar-refractivity contribution < 1.29 is 28.3 Å². The molecule has 3 aromatic carbocycles. The first-order valence-corrected chi connectivity index (χ1v) is 11.3. The number of para-hydroxylation sites is 1. The second-order valence-corrected chi connectivity index (χ2v) is 7.82. The van der Waals surface area contributed by atoms with E-state index >= 15 is 0 Å². The molecule has 35 heavy (non-hydrogen) atoms. The zero-order chi connectivity index (χ0) is 24.6. The zero-order valence-corrected chi connectivity index (χ0v) is 19.2. The van der Waals surface area contributed by atoms with Crippen LogP contribution in [0.3, 0.4) is 0 Å². The first kappa shape index (κ1) is 23.8. The Kier molecular flexibility index (Phi) is 7.57. The van der Waals surface area contributed by atoms with Gasteiger partial charge < -0.3 is 19.2 Å². The molecule has 7 nitrogen and oxygen atoms in total. The van der Waals surface area contributed by atoms with Crippen molar-refractivity contribution in [2.75, 3.05) is 6.61 Å². The average molecular weight is 472 g/mol. The van der Waals surface area contributed by atoms with Gasteiger partial charge in [-0.3, -0.25) is 4.79 Å². The monoisotopic (exact) mass is 471 g/mol. The topological polar surface area (TPSA) is 94.8 Å². The summed E-state index contributed by atoms with van der Waals surface area (Å²) in [4.78, 5) is 38.4. The van der Waals surface area contributed by atoms with E-state index < -0.39 is 18.0 Å². The van der Waals surface area contributed by atoms with Crippen molar-refractivity contribution in [2.45, 2.75) is 26.0 Å². The fraction of sp³-hybridized carbons (Fsp3) is 0.179. The molecule has 0 spiro atoms. The molecule has 1 unspecified atom stereocenters. The quantitative estimate of drug-likeness (QED) is 0.356. The van der Waals surface area contributed by atoms with Gasteiger partial charge in [-0.25, -0.2) is 9.59 Å². The number of benzene rings is 3. The standard InChI is InChI=1S/C28H25NO6/c1-2-33-28(32)25-22(21-15-9-10-16-24(21)35-25)18-34-27(31)23(17-19-11-5-3-6-12-19)29-26(30)20-13-7-4-8-14-20/h3-16,23H,2,17-18H2,1H3,(H,29,30). The molecule has 0 saturated heterocycles. The molecule has 0 bridgehead atoms. The number of rotatable bonds is 9. The van der Waals surface area contributed by atoms with Crippen LogP contribution in [0.1, 0.15) is 39.0 Å². The highest BCUT2D eigenvalue weighted by Crippen LogP contribution is 2.27. The van der Waals surface area contributed by atoms with Crippen molar-refractivity contribution in [3.05, 3.63) is 107 Å². The molecule has 1 amide bonds. The number of hydrogen-bond acceptors (Lipinski definition) is 6. The van der Waals surface area contributed by atoms with Gasteiger partial charge in [-0.05, 0) is 30.7 Å². The van der Waals surface area contributed by atoms with Crippen molar-refractivity contribution in [3.63, 3.8) is 0 Å². The van der Waals surface area contributed by atoms with Crippen LogP contribution in [-0.2, 0) is 27.3 Å². The fourth-order valence-electron chi connectivity index (χ4n) is 3.72. The summed E-state index contributed by atoms with van der Waals surface area (Å²) in [6.45, 7) is 1.67. The van der Waals surface area contributed by atoms with Crippen molar-refractivity contribution in [1.29, 1.82) is 0 Å². The molecule has 0 aliphatic heterocycles. The molecule has 4 aromatic rings. The Labute approximate surface area is 202 Å². The smallest absolute Gasteiger partial charge is 0.374 e. The van der Waals surface area contributed by atoms with Crippen LogP contribution in [0, 0.1) is 0 Å². The summed E-state index contributed by atoms with van der Waals surface area (Å²) in [6.07, 6.45) is 0.245. The predicted octanol–water partition coefficient (Wildman–Crippen LogP) is 4.69. The summed E-state index contributed by atoms with van der Waals surface area (Å²) in [7, 11) is 0. The summed E-state index contributed by atoms with van der Waals surface area (Å²) in [6, 6.07) is 24.1. The minimum absolute atomic E-state index is 0.00576. The van der Waals surface area contributed by atoms with E-state index in [1.807, 2.05) is 36.4 Å². The highest BCUT2D eigenvalue weighted by Gasteiger charge is 2.27. The van der Waals surface area contributed by atoms with E-state index in [1.54, 1.807) is 55.5 Å². The summed E-state index contributed by atoms with van der Waals surface area (Å²) < 4.78 is 16.4. The molecular formula is C28H25NO6. The van der Waals surface area contributed by atoms with Crippen LogP contribution in [0.2, 0.25) is 0 Å². The van der Waals surface area contributed by atoms with Crippen molar-refractivity contribution in [2.24, 2.45) is 0 Å². The Bertz CT molecular complexity index is 1310. The molecule has 1 aromatic heterocycles. The van der Waals surface area contributed by atoms with E-state index in [0.29, 0.717) is 22.1 Å². The first-order valence-electron chi connectivity index (χ1n) is 11.3. The number of amides is 1. The van der Waals surface area contributed by atoms with Crippen molar-refractivity contribution in [3.8, 4) is 0 Å². The zero-order valence-electron chi connectivity index (χ0n) is 19.2. The van der Waals surface area contributed by atoms with Gasteiger partial charge in [0, 0.05) is 17.4 Å². The second-order valence-electron chi connectivity index (χ2n) is 7.82. The van der Waals surface area contributed by atoms with Crippen LogP contribution in [-0.4, -0.2) is 30.5 Å². The summed E-state index contributed by atoms with van der Waals surface area (Å²) >= 11 is 0. The summed E-state index contributed by atoms with van der Waals surface area (Å²) in [5.41, 5.74) is 2.20. The molecule has 4 rings (SSSR count). The van der Waals surface area contributed by atoms with E-state index in [0.717, 1.165) is 5.56 Å². The third-order valence-electron chi connectivity index (χ3n) is 5.43. The van der Waals surface area contributed by atoms with Crippen LogP contribution in [0.25, 0.3) is 11.0 Å². The number of furan rings is 1. The van der Waals surface area contributed by atoms with E-state index in [1.165, 1.54) is 0 Å². The Morgan fingerprint density at radius 3 is 2.23 bits per heavy atom. The minimum Gasteiger partial charge on any atom is -0.460 e. The van der Waals surface area contributed by atoms with Gasteiger partial charge in [-0.1, -0.05) is 66.7 Å². The van der Waals surface area contributed by atoms with Crippen LogP contribution < -0.4 is 5.32 Å². The molecule has 1 N–H and O–H groups in total. The van der Waals surface area contributed by atoms with E-state index in [2.05, 4.69) is 5.32 Å². The van der Waals surface area contributed by atoms with E-state index in [-0.39, 0.29) is 31.3 Å². The van der Waals surface area contributed by atoms with Gasteiger partial charge in [0.25, 0.3) is 5.91 Å². The Hall–Kier alpha value is -4.39. The number of esters is 2. The SMILES string of the molecule is CCOC(=O)c1oc2ccccc2c1COC(=O)C(Cc1ccccc1)NC(=O)c1ccccc1. The normalized spacial score (nSPS) is 11.6. The molecule has 0 aliphatic carbocycles. The highest BCUT2D eigenvalue weighted by atomic mass is 16.5. The van der Waals surface area contributed by atoms with Gasteiger partial charge in [0.15, 0.2) is 0 Å². The average Bonchev–Trinajstić information content (AvgIpc) is 3.27. The van der Waals surface area contributed by atoms with Gasteiger partial charge in [-0.15, -0.1) is 0 Å². The molecule has 0 aliphatic rings. The molecule has 1 heterocycles. The number of carbonyl (C=O) groups excluding carboxylic acids is 3. The lowest BCUT2D eigenvalue weighted by Gasteiger charge is -2.18. The maximum absolute atomic E-state index is 13.2. The number of hydrogen-bond donors (Lipinski definition) is 1. The molecule has 7 heteroatoms. The molecule has 178 valence electrons. The highest BCUT2D eigenvalue weighted by molar-refractivity contribution is 5.97. The van der Waals surface area contributed by atoms with Crippen molar-refractivity contribution >= 4 is 28.8 Å². The third-order valence-corrected chi connectivity index (χ3v) is 5.43. The molecule has 0 radical (unpaired) electrons. The van der Waals surface area contributed by atoms with Crippen LogP contribution in [0.4, 0.5) is 0 Å². The van der Waals surface area contributed by atoms with Crippen LogP contribution in [0.5, 0.6) is 0 Å². The van der Waals surface area contributed by atoms with Gasteiger partial charge in [0.2, 0.25) is 5.76 Å². The fourth-order valence-corrected chi connectivity index (χ4v) is 3.72. The van der Waals surface area contributed by atoms with Crippen LogP contribution in [0.15, 0.2) is 89.3 Å². The summed E-state index contributed by atoms with van der Waals surface area (Å²) in [5, 5.41) is 3.43. The van der Waals surface area contributed by atoms with Gasteiger partial charge in [0.05, 0.1) is 12.2 Å². The van der Waals surface area contributed by atoms with Gasteiger partial charge in [0.1, 0.15) is 18.2 Å². The number of ether oxygens (including phenoxy) is 2. The predicted molar refractivity (Wildman–Crippen MR) is 130 cm³/mol. The molecular weight excluding hydrogens is 446 g/mol. The van der Waals surface area contributed by atoms with Crippen molar-refractivity contribution in [1.82, 2.24) is 5.32 Å². The lowest BCUT2D eigenvalue weighted by molar-refractivity contribution is -0.147. The first-order chi connectivity index (χ1) is 17.1. The second kappa shape index (κ2) is 11.2. The Morgan fingerprint density at radius 2 is 1.51 bits per heavy atom. The van der Waals surface area contributed by atoms with Crippen LogP contribution >= 0.6 is 0 Å². The molecule has 0 fully saturated rings. The Morgan fingerprint density at radius 1 is 0.857 bits per heavy atom.